The Balaban J connectivity index is 2.16. The van der Waals surface area contributed by atoms with Crippen molar-refractivity contribution in [3.63, 3.8) is 0 Å². The highest BCUT2D eigenvalue weighted by Gasteiger charge is 2.22. The molecule has 2 rings (SSSR count). The quantitative estimate of drug-likeness (QED) is 0.787. The number of rotatable bonds is 7. The van der Waals surface area contributed by atoms with Gasteiger partial charge >= 0.3 is 5.97 Å². The van der Waals surface area contributed by atoms with Crippen molar-refractivity contribution in [2.45, 2.75) is 38.5 Å². The van der Waals surface area contributed by atoms with E-state index in [4.69, 9.17) is 14.6 Å². The van der Waals surface area contributed by atoms with E-state index in [9.17, 15) is 4.79 Å². The van der Waals surface area contributed by atoms with Crippen LogP contribution >= 0.6 is 0 Å². The zero-order valence-electron chi connectivity index (χ0n) is 11.2. The first-order valence-corrected chi connectivity index (χ1v) is 6.40. The highest BCUT2D eigenvalue weighted by atomic mass is 16.5. The lowest BCUT2D eigenvalue weighted by molar-refractivity contribution is -0.144. The molecule has 104 valence electrons. The molecule has 0 saturated heterocycles. The monoisotopic (exact) mass is 265 g/mol. The van der Waals surface area contributed by atoms with E-state index in [1.54, 1.807) is 13.2 Å². The van der Waals surface area contributed by atoms with Crippen LogP contribution in [-0.2, 0) is 11.3 Å². The molecular formula is C14H19NO4. The average Bonchev–Trinajstić information content (AvgIpc) is 3.21. The van der Waals surface area contributed by atoms with Gasteiger partial charge in [0.25, 0.3) is 0 Å². The van der Waals surface area contributed by atoms with Crippen molar-refractivity contribution in [1.82, 2.24) is 5.32 Å². The van der Waals surface area contributed by atoms with Gasteiger partial charge in [0.05, 0.1) is 7.11 Å². The Bertz CT molecular complexity index is 457. The molecule has 1 fully saturated rings. The van der Waals surface area contributed by atoms with E-state index in [1.165, 1.54) is 19.8 Å². The van der Waals surface area contributed by atoms with Crippen molar-refractivity contribution in [1.29, 1.82) is 0 Å². The van der Waals surface area contributed by atoms with E-state index in [1.807, 2.05) is 12.1 Å². The van der Waals surface area contributed by atoms with Crippen molar-refractivity contribution in [3.8, 4) is 11.5 Å². The van der Waals surface area contributed by atoms with Gasteiger partial charge in [0, 0.05) is 18.2 Å². The Morgan fingerprint density at radius 1 is 1.53 bits per heavy atom. The lowest BCUT2D eigenvalue weighted by Crippen LogP contribution is -2.24. The largest absolute Gasteiger partial charge is 0.493 e. The summed E-state index contributed by atoms with van der Waals surface area (Å²) in [6, 6.07) is 6.14. The maximum absolute atomic E-state index is 10.9. The van der Waals surface area contributed by atoms with Gasteiger partial charge in [-0.2, -0.15) is 0 Å². The minimum Gasteiger partial charge on any atom is -0.493 e. The van der Waals surface area contributed by atoms with Gasteiger partial charge in [0.1, 0.15) is 0 Å². The normalized spacial score (nSPS) is 15.9. The topological polar surface area (TPSA) is 67.8 Å². The Labute approximate surface area is 112 Å². The predicted octanol–water partition coefficient (Wildman–Crippen LogP) is 1.80. The van der Waals surface area contributed by atoms with Crippen LogP contribution in [0.4, 0.5) is 0 Å². The van der Waals surface area contributed by atoms with Gasteiger partial charge < -0.3 is 19.9 Å². The Hall–Kier alpha value is -1.75. The summed E-state index contributed by atoms with van der Waals surface area (Å²) < 4.78 is 10.8. The van der Waals surface area contributed by atoms with Gasteiger partial charge in [-0.1, -0.05) is 12.1 Å². The summed E-state index contributed by atoms with van der Waals surface area (Å²) in [4.78, 5) is 10.9. The van der Waals surface area contributed by atoms with E-state index < -0.39 is 12.1 Å². The molecule has 0 aliphatic heterocycles. The maximum Gasteiger partial charge on any atom is 0.344 e. The first-order valence-electron chi connectivity index (χ1n) is 6.40. The Kier molecular flexibility index (Phi) is 4.27. The van der Waals surface area contributed by atoms with Crippen molar-refractivity contribution < 1.29 is 19.4 Å². The maximum atomic E-state index is 10.9. The van der Waals surface area contributed by atoms with Crippen LogP contribution < -0.4 is 14.8 Å². The molecule has 0 radical (unpaired) electrons. The number of ether oxygens (including phenoxy) is 2. The third kappa shape index (κ3) is 3.61. The highest BCUT2D eigenvalue weighted by Crippen LogP contribution is 2.32. The van der Waals surface area contributed by atoms with Gasteiger partial charge in [-0.15, -0.1) is 0 Å². The molecule has 1 saturated carbocycles. The summed E-state index contributed by atoms with van der Waals surface area (Å²) in [6.45, 7) is 2.16. The summed E-state index contributed by atoms with van der Waals surface area (Å²) in [5, 5.41) is 12.3. The Morgan fingerprint density at radius 2 is 2.26 bits per heavy atom. The zero-order valence-corrected chi connectivity index (χ0v) is 11.2. The molecule has 1 aromatic carbocycles. The van der Waals surface area contributed by atoms with Gasteiger partial charge in [0.15, 0.2) is 17.6 Å². The van der Waals surface area contributed by atoms with Crippen LogP contribution in [0.3, 0.4) is 0 Å². The number of benzene rings is 1. The molecule has 0 heterocycles. The van der Waals surface area contributed by atoms with Crippen LogP contribution in [-0.4, -0.2) is 30.3 Å². The van der Waals surface area contributed by atoms with Crippen LogP contribution in [0.1, 0.15) is 25.3 Å². The number of nitrogens with one attached hydrogen (secondary N) is 1. The van der Waals surface area contributed by atoms with E-state index in [-0.39, 0.29) is 0 Å². The standard InChI is InChI=1S/C14H19NO4/c1-9(14(16)17)19-13-10(8-15-11-6-7-11)4-3-5-12(13)18-2/h3-5,9,11,15H,6-8H2,1-2H3,(H,16,17). The van der Waals surface area contributed by atoms with Crippen molar-refractivity contribution in [3.05, 3.63) is 23.8 Å². The number of hydrogen-bond donors (Lipinski definition) is 2. The fraction of sp³-hybridized carbons (Fsp3) is 0.500. The minimum absolute atomic E-state index is 0.507. The molecule has 1 atom stereocenters. The third-order valence-corrected chi connectivity index (χ3v) is 3.08. The molecule has 0 bridgehead atoms. The van der Waals surface area contributed by atoms with Crippen LogP contribution in [0.15, 0.2) is 18.2 Å². The number of hydrogen-bond acceptors (Lipinski definition) is 4. The van der Waals surface area contributed by atoms with Crippen molar-refractivity contribution in [2.75, 3.05) is 7.11 Å². The second-order valence-corrected chi connectivity index (χ2v) is 4.70. The summed E-state index contributed by atoms with van der Waals surface area (Å²) in [5.74, 6) is 0.0725. The molecule has 0 amide bonds. The molecule has 0 aromatic heterocycles. The SMILES string of the molecule is COc1cccc(CNC2CC2)c1OC(C)C(=O)O. The molecule has 1 aliphatic carbocycles. The average molecular weight is 265 g/mol. The number of methoxy groups -OCH3 is 1. The number of aliphatic carboxylic acids is 1. The minimum atomic E-state index is -0.994. The predicted molar refractivity (Wildman–Crippen MR) is 70.6 cm³/mol. The second-order valence-electron chi connectivity index (χ2n) is 4.70. The Morgan fingerprint density at radius 3 is 2.84 bits per heavy atom. The summed E-state index contributed by atoms with van der Waals surface area (Å²) in [6.07, 6.45) is 1.49. The summed E-state index contributed by atoms with van der Waals surface area (Å²) in [5.41, 5.74) is 0.916. The molecule has 1 unspecified atom stereocenters. The highest BCUT2D eigenvalue weighted by molar-refractivity contribution is 5.72. The van der Waals surface area contributed by atoms with Crippen molar-refractivity contribution in [2.24, 2.45) is 0 Å². The van der Waals surface area contributed by atoms with E-state index in [0.29, 0.717) is 24.1 Å². The van der Waals surface area contributed by atoms with Crippen molar-refractivity contribution >= 4 is 5.97 Å². The first-order chi connectivity index (χ1) is 9.11. The number of carboxylic acid groups (broad SMARTS) is 1. The van der Waals surface area contributed by atoms with Gasteiger partial charge in [-0.3, -0.25) is 0 Å². The molecule has 5 heteroatoms. The second kappa shape index (κ2) is 5.93. The fourth-order valence-corrected chi connectivity index (χ4v) is 1.76. The van der Waals surface area contributed by atoms with Gasteiger partial charge in [0.2, 0.25) is 0 Å². The van der Waals surface area contributed by atoms with Crippen LogP contribution in [0.2, 0.25) is 0 Å². The molecular weight excluding hydrogens is 246 g/mol. The third-order valence-electron chi connectivity index (χ3n) is 3.08. The van der Waals surface area contributed by atoms with E-state index in [2.05, 4.69) is 5.32 Å². The molecule has 2 N–H and O–H groups in total. The number of carbonyl (C=O) groups is 1. The molecule has 1 aliphatic rings. The first kappa shape index (κ1) is 13.7. The van der Waals surface area contributed by atoms with Crippen LogP contribution in [0.5, 0.6) is 11.5 Å². The number of para-hydroxylation sites is 1. The van der Waals surface area contributed by atoms with Crippen LogP contribution in [0, 0.1) is 0 Å². The fourth-order valence-electron chi connectivity index (χ4n) is 1.76. The zero-order chi connectivity index (χ0) is 13.8. The summed E-state index contributed by atoms with van der Waals surface area (Å²) >= 11 is 0. The molecule has 5 nitrogen and oxygen atoms in total. The number of carboxylic acids is 1. The van der Waals surface area contributed by atoms with Gasteiger partial charge in [-0.25, -0.2) is 4.79 Å². The molecule has 19 heavy (non-hydrogen) atoms. The molecule has 0 spiro atoms. The lowest BCUT2D eigenvalue weighted by atomic mass is 10.1. The van der Waals surface area contributed by atoms with E-state index >= 15 is 0 Å². The van der Waals surface area contributed by atoms with Gasteiger partial charge in [-0.05, 0) is 25.8 Å². The summed E-state index contributed by atoms with van der Waals surface area (Å²) in [7, 11) is 1.55. The van der Waals surface area contributed by atoms with E-state index in [0.717, 1.165) is 5.56 Å². The molecule has 1 aromatic rings. The lowest BCUT2D eigenvalue weighted by Gasteiger charge is -2.17. The smallest absolute Gasteiger partial charge is 0.344 e. The van der Waals surface area contributed by atoms with Crippen LogP contribution in [0.25, 0.3) is 0 Å².